The number of para-hydroxylation sites is 1. The molecule has 0 bridgehead atoms. The molecule has 0 heterocycles. The molecule has 0 spiro atoms. The van der Waals surface area contributed by atoms with Crippen LogP contribution in [0.2, 0.25) is 0 Å². The van der Waals surface area contributed by atoms with Crippen LogP contribution in [0.25, 0.3) is 11.1 Å². The van der Waals surface area contributed by atoms with Crippen molar-refractivity contribution >= 4 is 15.9 Å². The maximum Gasteiger partial charge on any atom is 0.301 e. The number of benzene rings is 2. The molecular weight excluding hydrogens is 317 g/mol. The number of nitrogens with one attached hydrogen (secondary N) is 1. The number of anilines is 1. The highest BCUT2D eigenvalue weighted by atomic mass is 32.2. The molecule has 22 heavy (non-hydrogen) atoms. The Labute approximate surface area is 126 Å². The summed E-state index contributed by atoms with van der Waals surface area (Å²) in [7, 11) is -1.12. The van der Waals surface area contributed by atoms with Crippen LogP contribution in [0.15, 0.2) is 36.4 Å². The molecule has 0 aliphatic rings. The Morgan fingerprint density at radius 1 is 1.00 bits per heavy atom. The van der Waals surface area contributed by atoms with E-state index in [0.717, 1.165) is 16.4 Å². The van der Waals surface area contributed by atoms with Crippen LogP contribution < -0.4 is 4.72 Å². The quantitative estimate of drug-likeness (QED) is 0.876. The molecule has 118 valence electrons. The van der Waals surface area contributed by atoms with Gasteiger partial charge in [-0.3, -0.25) is 4.72 Å². The second-order valence-electron chi connectivity index (χ2n) is 4.69. The van der Waals surface area contributed by atoms with Crippen molar-refractivity contribution in [3.8, 4) is 11.1 Å². The smallest absolute Gasteiger partial charge is 0.270 e. The lowest BCUT2D eigenvalue weighted by atomic mass is 10.0. The summed E-state index contributed by atoms with van der Waals surface area (Å²) in [6.07, 6.45) is 0. The van der Waals surface area contributed by atoms with Crippen molar-refractivity contribution < 1.29 is 21.6 Å². The number of nitrogens with zero attached hydrogens (tertiary/aromatic N) is 1. The van der Waals surface area contributed by atoms with Gasteiger partial charge in [-0.05, 0) is 23.8 Å². The summed E-state index contributed by atoms with van der Waals surface area (Å²) in [6.45, 7) is 0. The number of halogens is 3. The molecule has 8 heteroatoms. The molecule has 0 aliphatic carbocycles. The van der Waals surface area contributed by atoms with Crippen LogP contribution in [0, 0.1) is 17.5 Å². The van der Waals surface area contributed by atoms with Gasteiger partial charge in [-0.25, -0.2) is 13.2 Å². The van der Waals surface area contributed by atoms with E-state index in [4.69, 9.17) is 0 Å². The van der Waals surface area contributed by atoms with Crippen LogP contribution in [0.1, 0.15) is 0 Å². The van der Waals surface area contributed by atoms with E-state index in [-0.39, 0.29) is 16.8 Å². The maximum atomic E-state index is 13.4. The van der Waals surface area contributed by atoms with Crippen molar-refractivity contribution in [1.82, 2.24) is 4.31 Å². The first-order chi connectivity index (χ1) is 10.2. The van der Waals surface area contributed by atoms with E-state index >= 15 is 0 Å². The van der Waals surface area contributed by atoms with Crippen molar-refractivity contribution in [3.05, 3.63) is 53.8 Å². The van der Waals surface area contributed by atoms with Gasteiger partial charge in [-0.15, -0.1) is 0 Å². The van der Waals surface area contributed by atoms with Crippen molar-refractivity contribution in [2.24, 2.45) is 0 Å². The number of hydrogen-bond acceptors (Lipinski definition) is 2. The fraction of sp³-hybridized carbons (Fsp3) is 0.143. The van der Waals surface area contributed by atoms with E-state index in [9.17, 15) is 21.6 Å². The SMILES string of the molecule is CN(C)S(=O)(=O)Nc1ccccc1-c1cc(F)c(F)c(F)c1. The molecule has 0 saturated heterocycles. The Bertz CT molecular complexity index is 784. The predicted molar refractivity (Wildman–Crippen MR) is 78.0 cm³/mol. The molecule has 0 amide bonds. The third-order valence-electron chi connectivity index (χ3n) is 2.94. The second-order valence-corrected chi connectivity index (χ2v) is 6.57. The van der Waals surface area contributed by atoms with Crippen molar-refractivity contribution in [1.29, 1.82) is 0 Å². The van der Waals surface area contributed by atoms with Gasteiger partial charge in [-0.2, -0.15) is 12.7 Å². The molecule has 2 aromatic carbocycles. The van der Waals surface area contributed by atoms with E-state index in [1.807, 2.05) is 0 Å². The van der Waals surface area contributed by atoms with Gasteiger partial charge in [0.05, 0.1) is 5.69 Å². The van der Waals surface area contributed by atoms with Gasteiger partial charge in [0.1, 0.15) is 0 Å². The lowest BCUT2D eigenvalue weighted by Gasteiger charge is -2.16. The monoisotopic (exact) mass is 330 g/mol. The van der Waals surface area contributed by atoms with Crippen LogP contribution in [0.4, 0.5) is 18.9 Å². The molecule has 0 fully saturated rings. The molecule has 2 aromatic rings. The normalized spacial score (nSPS) is 11.7. The highest BCUT2D eigenvalue weighted by Crippen LogP contribution is 2.30. The minimum absolute atomic E-state index is 0.0217. The average Bonchev–Trinajstić information content (AvgIpc) is 2.44. The summed E-state index contributed by atoms with van der Waals surface area (Å²) in [4.78, 5) is 0. The fourth-order valence-electron chi connectivity index (χ4n) is 1.77. The van der Waals surface area contributed by atoms with E-state index in [2.05, 4.69) is 4.72 Å². The summed E-state index contributed by atoms with van der Waals surface area (Å²) in [6, 6.07) is 7.66. The Kier molecular flexibility index (Phi) is 4.43. The number of rotatable bonds is 4. The molecule has 2 rings (SSSR count). The molecule has 4 nitrogen and oxygen atoms in total. The van der Waals surface area contributed by atoms with Crippen molar-refractivity contribution in [3.63, 3.8) is 0 Å². The molecule has 0 unspecified atom stereocenters. The average molecular weight is 330 g/mol. The van der Waals surface area contributed by atoms with Gasteiger partial charge in [0.2, 0.25) is 0 Å². The van der Waals surface area contributed by atoms with E-state index in [1.54, 1.807) is 12.1 Å². The first kappa shape index (κ1) is 16.3. The third kappa shape index (κ3) is 3.23. The zero-order valence-electron chi connectivity index (χ0n) is 11.8. The Balaban J connectivity index is 2.54. The van der Waals surface area contributed by atoms with Gasteiger partial charge >= 0.3 is 10.2 Å². The topological polar surface area (TPSA) is 49.4 Å². The molecule has 1 N–H and O–H groups in total. The third-order valence-corrected chi connectivity index (χ3v) is 4.38. The molecule has 0 aromatic heterocycles. The van der Waals surface area contributed by atoms with Crippen LogP contribution in [0.5, 0.6) is 0 Å². The Morgan fingerprint density at radius 2 is 1.55 bits per heavy atom. The number of hydrogen-bond donors (Lipinski definition) is 1. The molecule has 0 saturated carbocycles. The molecular formula is C14H13F3N2O2S. The zero-order chi connectivity index (χ0) is 16.5. The summed E-state index contributed by atoms with van der Waals surface area (Å²) < 4.78 is 66.8. The molecule has 0 aliphatic heterocycles. The van der Waals surface area contributed by atoms with E-state index < -0.39 is 27.7 Å². The van der Waals surface area contributed by atoms with Crippen molar-refractivity contribution in [2.45, 2.75) is 0 Å². The van der Waals surface area contributed by atoms with Crippen LogP contribution in [-0.2, 0) is 10.2 Å². The first-order valence-electron chi connectivity index (χ1n) is 6.16. The minimum atomic E-state index is -3.79. The van der Waals surface area contributed by atoms with Crippen molar-refractivity contribution in [2.75, 3.05) is 18.8 Å². The summed E-state index contributed by atoms with van der Waals surface area (Å²) in [5, 5.41) is 0. The lowest BCUT2D eigenvalue weighted by molar-refractivity contribution is 0.448. The van der Waals surface area contributed by atoms with Gasteiger partial charge < -0.3 is 0 Å². The Morgan fingerprint density at radius 3 is 2.09 bits per heavy atom. The van der Waals surface area contributed by atoms with Gasteiger partial charge in [0.25, 0.3) is 0 Å². The highest BCUT2D eigenvalue weighted by molar-refractivity contribution is 7.90. The second kappa shape index (κ2) is 5.98. The predicted octanol–water partition coefficient (Wildman–Crippen LogP) is 2.99. The van der Waals surface area contributed by atoms with Gasteiger partial charge in [0, 0.05) is 19.7 Å². The Hall–Kier alpha value is -2.06. The maximum absolute atomic E-state index is 13.4. The highest BCUT2D eigenvalue weighted by Gasteiger charge is 2.18. The largest absolute Gasteiger partial charge is 0.301 e. The lowest BCUT2D eigenvalue weighted by Crippen LogP contribution is -2.29. The first-order valence-corrected chi connectivity index (χ1v) is 7.60. The summed E-state index contributed by atoms with van der Waals surface area (Å²) in [5.74, 6) is -4.27. The summed E-state index contributed by atoms with van der Waals surface area (Å²) in [5.41, 5.74) is 0.376. The van der Waals surface area contributed by atoms with Gasteiger partial charge in [0.15, 0.2) is 17.5 Å². The van der Waals surface area contributed by atoms with Gasteiger partial charge in [-0.1, -0.05) is 18.2 Å². The minimum Gasteiger partial charge on any atom is -0.270 e. The van der Waals surface area contributed by atoms with E-state index in [0.29, 0.717) is 0 Å². The zero-order valence-corrected chi connectivity index (χ0v) is 12.6. The van der Waals surface area contributed by atoms with Crippen LogP contribution in [-0.4, -0.2) is 26.8 Å². The van der Waals surface area contributed by atoms with E-state index in [1.165, 1.54) is 26.2 Å². The van der Waals surface area contributed by atoms with Crippen LogP contribution >= 0.6 is 0 Å². The summed E-state index contributed by atoms with van der Waals surface area (Å²) >= 11 is 0. The molecule has 0 radical (unpaired) electrons. The molecule has 0 atom stereocenters. The standard InChI is InChI=1S/C14H13F3N2O2S/c1-19(2)22(20,21)18-13-6-4-3-5-10(13)9-7-11(15)14(17)12(16)8-9/h3-8,18H,1-2H3. The fourth-order valence-corrected chi connectivity index (χ4v) is 2.40. The van der Waals surface area contributed by atoms with Crippen LogP contribution in [0.3, 0.4) is 0 Å².